The van der Waals surface area contributed by atoms with Gasteiger partial charge in [0.15, 0.2) is 0 Å². The van der Waals surface area contributed by atoms with Crippen LogP contribution in [0.5, 0.6) is 0 Å². The molecule has 0 fully saturated rings. The topological polar surface area (TPSA) is 35.5 Å². The highest BCUT2D eigenvalue weighted by Crippen LogP contribution is 2.12. The molecule has 0 aromatic rings. The predicted molar refractivity (Wildman–Crippen MR) is 92.2 cm³/mol. The molecule has 0 N–H and O–H groups in total. The van der Waals surface area contributed by atoms with Crippen LogP contribution in [-0.2, 0) is 9.16 Å². The molecule has 0 aliphatic carbocycles. The molecule has 126 valence electrons. The third-order valence-electron chi connectivity index (χ3n) is 3.93. The molecule has 0 aliphatic heterocycles. The molecule has 0 atom stereocenters. The number of carbonyl (C=O) groups excluding carboxylic acids is 1. The summed E-state index contributed by atoms with van der Waals surface area (Å²) in [5.41, 5.74) is 0. The first-order chi connectivity index (χ1) is 10.0. The van der Waals surface area contributed by atoms with E-state index in [4.69, 9.17) is 9.16 Å². The SMILES string of the molecule is CCCCCCCCCCCCOC(=O)O[Si](C)(C)CC. The van der Waals surface area contributed by atoms with Crippen LogP contribution in [0.25, 0.3) is 0 Å². The van der Waals surface area contributed by atoms with Gasteiger partial charge in [-0.2, -0.15) is 0 Å². The van der Waals surface area contributed by atoms with Gasteiger partial charge in [0.25, 0.3) is 8.32 Å². The maximum Gasteiger partial charge on any atom is 0.494 e. The van der Waals surface area contributed by atoms with E-state index in [1.807, 2.05) is 13.1 Å². The zero-order valence-electron chi connectivity index (χ0n) is 14.7. The van der Waals surface area contributed by atoms with Gasteiger partial charge in [-0.3, -0.25) is 0 Å². The Morgan fingerprint density at radius 1 is 0.810 bits per heavy atom. The zero-order valence-corrected chi connectivity index (χ0v) is 15.7. The highest BCUT2D eigenvalue weighted by atomic mass is 28.4. The molecule has 0 saturated heterocycles. The second-order valence-electron chi connectivity index (χ2n) is 6.50. The normalized spacial score (nSPS) is 11.4. The fourth-order valence-electron chi connectivity index (χ4n) is 2.07. The summed E-state index contributed by atoms with van der Waals surface area (Å²) in [5.74, 6) is 0. The number of carbonyl (C=O) groups is 1. The molecule has 0 amide bonds. The minimum atomic E-state index is -1.82. The molecule has 0 unspecified atom stereocenters. The Labute approximate surface area is 132 Å². The van der Waals surface area contributed by atoms with Gasteiger partial charge in [-0.1, -0.05) is 71.6 Å². The highest BCUT2D eigenvalue weighted by Gasteiger charge is 2.25. The Kier molecular flexibility index (Phi) is 12.8. The van der Waals surface area contributed by atoms with E-state index >= 15 is 0 Å². The van der Waals surface area contributed by atoms with Crippen LogP contribution >= 0.6 is 0 Å². The molecule has 0 aromatic carbocycles. The number of hydrogen-bond acceptors (Lipinski definition) is 3. The van der Waals surface area contributed by atoms with E-state index in [0.29, 0.717) is 6.61 Å². The summed E-state index contributed by atoms with van der Waals surface area (Å²) in [6, 6.07) is 0.931. The Hall–Kier alpha value is -0.513. The average molecular weight is 317 g/mol. The van der Waals surface area contributed by atoms with Crippen molar-refractivity contribution in [2.45, 2.75) is 97.2 Å². The fourth-order valence-corrected chi connectivity index (χ4v) is 2.73. The van der Waals surface area contributed by atoms with Crippen molar-refractivity contribution >= 4 is 14.5 Å². The van der Waals surface area contributed by atoms with Gasteiger partial charge in [-0.25, -0.2) is 4.79 Å². The number of unbranched alkanes of at least 4 members (excludes halogenated alkanes) is 9. The smallest absolute Gasteiger partial charge is 0.489 e. The molecule has 0 heterocycles. The van der Waals surface area contributed by atoms with Crippen LogP contribution < -0.4 is 0 Å². The van der Waals surface area contributed by atoms with Crippen molar-refractivity contribution in [1.29, 1.82) is 0 Å². The van der Waals surface area contributed by atoms with Crippen molar-refractivity contribution in [2.75, 3.05) is 6.61 Å². The minimum absolute atomic E-state index is 0.468. The molecule has 0 spiro atoms. The number of rotatable bonds is 13. The van der Waals surface area contributed by atoms with Crippen molar-refractivity contribution in [3.8, 4) is 0 Å². The van der Waals surface area contributed by atoms with Crippen molar-refractivity contribution in [3.05, 3.63) is 0 Å². The van der Waals surface area contributed by atoms with E-state index < -0.39 is 14.5 Å². The molecule has 0 bridgehead atoms. The van der Waals surface area contributed by atoms with Crippen LogP contribution in [-0.4, -0.2) is 21.1 Å². The summed E-state index contributed by atoms with van der Waals surface area (Å²) in [5, 5.41) is 0. The van der Waals surface area contributed by atoms with Crippen LogP contribution in [0.2, 0.25) is 19.1 Å². The lowest BCUT2D eigenvalue weighted by atomic mass is 10.1. The quantitative estimate of drug-likeness (QED) is 0.228. The largest absolute Gasteiger partial charge is 0.494 e. The average Bonchev–Trinajstić information content (AvgIpc) is 2.44. The van der Waals surface area contributed by atoms with Gasteiger partial charge in [0.1, 0.15) is 0 Å². The molecule has 0 aliphatic rings. The highest BCUT2D eigenvalue weighted by molar-refractivity contribution is 6.72. The molecular formula is C17H36O3Si. The first-order valence-corrected chi connectivity index (χ1v) is 12.0. The van der Waals surface area contributed by atoms with Crippen molar-refractivity contribution < 1.29 is 14.0 Å². The number of hydrogen-bond donors (Lipinski definition) is 0. The van der Waals surface area contributed by atoms with Gasteiger partial charge < -0.3 is 9.16 Å². The van der Waals surface area contributed by atoms with Gasteiger partial charge in [0.05, 0.1) is 6.61 Å². The van der Waals surface area contributed by atoms with Crippen LogP contribution in [0.1, 0.15) is 78.1 Å². The van der Waals surface area contributed by atoms with Crippen LogP contribution in [0.3, 0.4) is 0 Å². The van der Waals surface area contributed by atoms with Gasteiger partial charge >= 0.3 is 6.16 Å². The Morgan fingerprint density at radius 3 is 1.76 bits per heavy atom. The van der Waals surface area contributed by atoms with E-state index in [2.05, 4.69) is 13.8 Å². The fraction of sp³-hybridized carbons (Fsp3) is 0.941. The number of ether oxygens (including phenoxy) is 1. The predicted octanol–water partition coefficient (Wildman–Crippen LogP) is 6.29. The van der Waals surface area contributed by atoms with Crippen molar-refractivity contribution in [3.63, 3.8) is 0 Å². The lowest BCUT2D eigenvalue weighted by Gasteiger charge is -2.19. The summed E-state index contributed by atoms with van der Waals surface area (Å²) in [7, 11) is -1.82. The summed E-state index contributed by atoms with van der Waals surface area (Å²) in [4.78, 5) is 11.5. The molecule has 0 saturated carbocycles. The van der Waals surface area contributed by atoms with Gasteiger partial charge in [0, 0.05) is 0 Å². The van der Waals surface area contributed by atoms with E-state index in [1.54, 1.807) is 0 Å². The van der Waals surface area contributed by atoms with Crippen LogP contribution in [0, 0.1) is 0 Å². The second-order valence-corrected chi connectivity index (χ2v) is 10.9. The first-order valence-electron chi connectivity index (χ1n) is 8.87. The summed E-state index contributed by atoms with van der Waals surface area (Å²) >= 11 is 0. The third-order valence-corrected chi connectivity index (χ3v) is 6.35. The molecular weight excluding hydrogens is 280 g/mol. The summed E-state index contributed by atoms with van der Waals surface area (Å²) in [6.45, 7) is 8.89. The molecule has 4 heteroatoms. The zero-order chi connectivity index (χ0) is 16.0. The molecule has 0 rings (SSSR count). The Morgan fingerprint density at radius 2 is 1.29 bits per heavy atom. The minimum Gasteiger partial charge on any atom is -0.489 e. The van der Waals surface area contributed by atoms with Crippen LogP contribution in [0.4, 0.5) is 4.79 Å². The van der Waals surface area contributed by atoms with Crippen LogP contribution in [0.15, 0.2) is 0 Å². The summed E-state index contributed by atoms with van der Waals surface area (Å²) in [6.07, 6.45) is 12.4. The maximum absolute atomic E-state index is 11.5. The van der Waals surface area contributed by atoms with E-state index in [0.717, 1.165) is 18.9 Å². The Balaban J connectivity index is 3.27. The standard InChI is InChI=1S/C17H36O3Si/c1-5-7-8-9-10-11-12-13-14-15-16-19-17(18)20-21(3,4)6-2/h5-16H2,1-4H3. The molecule has 21 heavy (non-hydrogen) atoms. The van der Waals surface area contributed by atoms with Gasteiger partial charge in [-0.05, 0) is 25.6 Å². The van der Waals surface area contributed by atoms with E-state index in [1.165, 1.54) is 51.4 Å². The van der Waals surface area contributed by atoms with E-state index in [-0.39, 0.29) is 0 Å². The molecule has 0 radical (unpaired) electrons. The lowest BCUT2D eigenvalue weighted by molar-refractivity contribution is 0.0948. The Bertz CT molecular complexity index is 254. The molecule has 3 nitrogen and oxygen atoms in total. The monoisotopic (exact) mass is 316 g/mol. The van der Waals surface area contributed by atoms with Gasteiger partial charge in [0.2, 0.25) is 0 Å². The van der Waals surface area contributed by atoms with E-state index in [9.17, 15) is 4.79 Å². The molecule has 0 aromatic heterocycles. The van der Waals surface area contributed by atoms with Crippen molar-refractivity contribution in [1.82, 2.24) is 0 Å². The second kappa shape index (κ2) is 13.2. The maximum atomic E-state index is 11.5. The first kappa shape index (κ1) is 20.5. The third kappa shape index (κ3) is 14.2. The summed E-state index contributed by atoms with van der Waals surface area (Å²) < 4.78 is 10.5. The lowest BCUT2D eigenvalue weighted by Crippen LogP contribution is -2.32. The van der Waals surface area contributed by atoms with Crippen molar-refractivity contribution in [2.24, 2.45) is 0 Å². The van der Waals surface area contributed by atoms with Gasteiger partial charge in [-0.15, -0.1) is 0 Å².